The Hall–Kier alpha value is -1.93. The van der Waals surface area contributed by atoms with Crippen molar-refractivity contribution in [3.63, 3.8) is 0 Å². The fourth-order valence-electron chi connectivity index (χ4n) is 5.38. The van der Waals surface area contributed by atoms with Gasteiger partial charge in [-0.15, -0.1) is 0 Å². The maximum atomic E-state index is 12.8. The van der Waals surface area contributed by atoms with Crippen LogP contribution in [0.3, 0.4) is 0 Å². The zero-order valence-corrected chi connectivity index (χ0v) is 16.6. The number of nitrogens with one attached hydrogen (secondary N) is 2. The van der Waals surface area contributed by atoms with Crippen molar-refractivity contribution in [3.8, 4) is 0 Å². The van der Waals surface area contributed by atoms with Crippen molar-refractivity contribution in [1.29, 1.82) is 0 Å². The summed E-state index contributed by atoms with van der Waals surface area (Å²) in [5, 5.41) is 3.06. The third kappa shape index (κ3) is 4.07. The highest BCUT2D eigenvalue weighted by Gasteiger charge is 2.49. The summed E-state index contributed by atoms with van der Waals surface area (Å²) < 4.78 is 5.00. The van der Waals surface area contributed by atoms with E-state index in [0.717, 1.165) is 44.6 Å². The average Bonchev–Trinajstić information content (AvgIpc) is 3.19. The molecule has 3 saturated heterocycles. The molecule has 28 heavy (non-hydrogen) atoms. The van der Waals surface area contributed by atoms with E-state index in [9.17, 15) is 9.59 Å². The molecule has 8 nitrogen and oxygen atoms in total. The molecule has 2 amide bonds. The number of piperidine rings is 3. The van der Waals surface area contributed by atoms with E-state index in [1.165, 1.54) is 0 Å². The number of carbonyl (C=O) groups is 2. The van der Waals surface area contributed by atoms with E-state index >= 15 is 0 Å². The van der Waals surface area contributed by atoms with Crippen LogP contribution in [0.15, 0.2) is 12.5 Å². The van der Waals surface area contributed by atoms with Crippen LogP contribution in [0, 0.1) is 11.8 Å². The quantitative estimate of drug-likeness (QED) is 0.719. The summed E-state index contributed by atoms with van der Waals surface area (Å²) in [6.45, 7) is 3.80. The van der Waals surface area contributed by atoms with Crippen LogP contribution < -0.4 is 5.32 Å². The van der Waals surface area contributed by atoms with Crippen molar-refractivity contribution in [3.05, 3.63) is 18.2 Å². The minimum atomic E-state index is -0.00453. The Balaban J connectivity index is 1.47. The number of methoxy groups -OCH3 is 1. The van der Waals surface area contributed by atoms with Gasteiger partial charge in [0.15, 0.2) is 0 Å². The van der Waals surface area contributed by atoms with Gasteiger partial charge in [0.05, 0.1) is 19.0 Å². The van der Waals surface area contributed by atoms with Gasteiger partial charge < -0.3 is 19.9 Å². The Morgan fingerprint density at radius 2 is 2.25 bits per heavy atom. The third-order valence-corrected chi connectivity index (χ3v) is 6.56. The average molecular weight is 390 g/mol. The molecule has 4 atom stereocenters. The first-order chi connectivity index (χ1) is 13.7. The van der Waals surface area contributed by atoms with Gasteiger partial charge in [0, 0.05) is 64.1 Å². The summed E-state index contributed by atoms with van der Waals surface area (Å²) in [6.07, 6.45) is 7.81. The molecule has 0 saturated carbocycles. The topological polar surface area (TPSA) is 90.6 Å². The van der Waals surface area contributed by atoms with Crippen LogP contribution in [0.1, 0.15) is 37.8 Å². The summed E-state index contributed by atoms with van der Waals surface area (Å²) in [5.74, 6) is 1.17. The number of rotatable bonds is 7. The molecule has 154 valence electrons. The second-order valence-corrected chi connectivity index (χ2v) is 8.40. The molecule has 3 aliphatic rings. The van der Waals surface area contributed by atoms with Crippen molar-refractivity contribution >= 4 is 11.8 Å². The van der Waals surface area contributed by atoms with E-state index in [4.69, 9.17) is 4.74 Å². The van der Waals surface area contributed by atoms with Crippen LogP contribution in [-0.2, 0) is 20.9 Å². The molecule has 0 aliphatic carbocycles. The van der Waals surface area contributed by atoms with Gasteiger partial charge in [-0.25, -0.2) is 4.98 Å². The van der Waals surface area contributed by atoms with E-state index in [1.54, 1.807) is 13.4 Å². The van der Waals surface area contributed by atoms with Crippen LogP contribution in [0.4, 0.5) is 0 Å². The Kier molecular flexibility index (Phi) is 5.96. The van der Waals surface area contributed by atoms with Crippen molar-refractivity contribution in [2.24, 2.45) is 11.8 Å². The molecule has 8 heteroatoms. The Morgan fingerprint density at radius 3 is 3.04 bits per heavy atom. The van der Waals surface area contributed by atoms with E-state index in [-0.39, 0.29) is 17.9 Å². The highest BCUT2D eigenvalue weighted by atomic mass is 16.5. The number of hydrogen-bond donors (Lipinski definition) is 2. The number of imidazole rings is 1. The summed E-state index contributed by atoms with van der Waals surface area (Å²) in [5.41, 5.74) is 1.13. The molecule has 4 heterocycles. The predicted octanol–water partition coefficient (Wildman–Crippen LogP) is 0.764. The van der Waals surface area contributed by atoms with Crippen LogP contribution in [-0.4, -0.2) is 77.0 Å². The molecular weight excluding hydrogens is 358 g/mol. The van der Waals surface area contributed by atoms with Crippen molar-refractivity contribution in [1.82, 2.24) is 25.1 Å². The smallest absolute Gasteiger partial charge is 0.223 e. The number of aromatic nitrogens is 2. The zero-order chi connectivity index (χ0) is 19.5. The summed E-state index contributed by atoms with van der Waals surface area (Å²) >= 11 is 0. The molecule has 3 aliphatic heterocycles. The minimum Gasteiger partial charge on any atom is -0.384 e. The zero-order valence-electron chi connectivity index (χ0n) is 16.6. The number of ether oxygens (including phenoxy) is 1. The molecule has 2 bridgehead atoms. The number of amides is 2. The van der Waals surface area contributed by atoms with Gasteiger partial charge in [0.25, 0.3) is 0 Å². The second kappa shape index (κ2) is 8.61. The predicted molar refractivity (Wildman–Crippen MR) is 103 cm³/mol. The van der Waals surface area contributed by atoms with Gasteiger partial charge in [-0.3, -0.25) is 14.5 Å². The lowest BCUT2D eigenvalue weighted by molar-refractivity contribution is -0.153. The number of fused-ring (bicyclic) bond motifs is 4. The summed E-state index contributed by atoms with van der Waals surface area (Å²) in [6, 6.07) is 0.396. The monoisotopic (exact) mass is 389 g/mol. The molecule has 1 aromatic heterocycles. The Labute approximate surface area is 166 Å². The normalized spacial score (nSPS) is 30.2. The Bertz CT molecular complexity index is 679. The van der Waals surface area contributed by atoms with Crippen molar-refractivity contribution in [2.45, 2.75) is 50.7 Å². The fourth-order valence-corrected chi connectivity index (χ4v) is 5.38. The number of H-pyrrole nitrogens is 1. The molecule has 2 N–H and O–H groups in total. The highest BCUT2D eigenvalue weighted by Crippen LogP contribution is 2.41. The first-order valence-corrected chi connectivity index (χ1v) is 10.4. The van der Waals surface area contributed by atoms with Crippen LogP contribution in [0.2, 0.25) is 0 Å². The van der Waals surface area contributed by atoms with E-state index in [1.807, 2.05) is 6.20 Å². The van der Waals surface area contributed by atoms with E-state index in [2.05, 4.69) is 25.1 Å². The molecule has 0 spiro atoms. The van der Waals surface area contributed by atoms with E-state index < -0.39 is 0 Å². The standard InChI is InChI=1S/C20H31N5O3/c1-28-6-5-19(26)22-9-18-15-7-14(17-3-2-4-20(27)25(17)18)10-24(11-15)12-16-8-21-13-23-16/h8,13-15,17-18H,2-7,9-12H2,1H3,(H,21,23)(H,22,26)/t14-,15+,17+,18+/m1/s1. The second-order valence-electron chi connectivity index (χ2n) is 8.40. The van der Waals surface area contributed by atoms with E-state index in [0.29, 0.717) is 43.9 Å². The van der Waals surface area contributed by atoms with Crippen LogP contribution >= 0.6 is 0 Å². The Morgan fingerprint density at radius 1 is 1.39 bits per heavy atom. The molecule has 1 aromatic rings. The SMILES string of the molecule is COCCC(=O)NC[C@H]1[C@H]2C[C@H](CN(Cc3cnc[nH]3)C2)[C@@H]2CCCC(=O)N21. The number of aromatic amines is 1. The number of hydrogen-bond acceptors (Lipinski definition) is 5. The minimum absolute atomic E-state index is 0.00453. The van der Waals surface area contributed by atoms with Gasteiger partial charge in [0.2, 0.25) is 11.8 Å². The highest BCUT2D eigenvalue weighted by molar-refractivity contribution is 5.78. The number of carbonyl (C=O) groups excluding carboxylic acids is 2. The van der Waals surface area contributed by atoms with Crippen molar-refractivity contribution in [2.75, 3.05) is 33.4 Å². The molecule has 0 aromatic carbocycles. The summed E-state index contributed by atoms with van der Waals surface area (Å²) in [4.78, 5) is 36.9. The maximum Gasteiger partial charge on any atom is 0.223 e. The molecular formula is C20H31N5O3. The lowest BCUT2D eigenvalue weighted by Gasteiger charge is -2.56. The lowest BCUT2D eigenvalue weighted by atomic mass is 9.72. The third-order valence-electron chi connectivity index (χ3n) is 6.56. The molecule has 0 unspecified atom stereocenters. The van der Waals surface area contributed by atoms with Gasteiger partial charge in [0.1, 0.15) is 0 Å². The van der Waals surface area contributed by atoms with Gasteiger partial charge in [-0.2, -0.15) is 0 Å². The first kappa shape index (κ1) is 19.4. The largest absolute Gasteiger partial charge is 0.384 e. The summed E-state index contributed by atoms with van der Waals surface area (Å²) in [7, 11) is 1.60. The fraction of sp³-hybridized carbons (Fsp3) is 0.750. The molecule has 0 radical (unpaired) electrons. The number of likely N-dealkylation sites (tertiary alicyclic amines) is 1. The van der Waals surface area contributed by atoms with Crippen LogP contribution in [0.25, 0.3) is 0 Å². The van der Waals surface area contributed by atoms with Crippen molar-refractivity contribution < 1.29 is 14.3 Å². The molecule has 3 fully saturated rings. The molecule has 4 rings (SSSR count). The first-order valence-electron chi connectivity index (χ1n) is 10.4. The van der Waals surface area contributed by atoms with Gasteiger partial charge in [-0.1, -0.05) is 0 Å². The number of nitrogens with zero attached hydrogens (tertiary/aromatic N) is 3. The van der Waals surface area contributed by atoms with Crippen LogP contribution in [0.5, 0.6) is 0 Å². The van der Waals surface area contributed by atoms with Gasteiger partial charge >= 0.3 is 0 Å². The van der Waals surface area contributed by atoms with Gasteiger partial charge in [-0.05, 0) is 31.1 Å². The maximum absolute atomic E-state index is 12.8. The lowest BCUT2D eigenvalue weighted by Crippen LogP contribution is -2.67.